The van der Waals surface area contributed by atoms with Gasteiger partial charge in [-0.05, 0) is 12.1 Å². The lowest BCUT2D eigenvalue weighted by Crippen LogP contribution is -2.34. The Morgan fingerprint density at radius 1 is 1.12 bits per heavy atom. The SMILES string of the molecule is C=C1/C(=C2\Sc3ccccc3N2C)S/C(=C\c2scc[n+]2Cc2ccccc2)N1CC(=O)OC. The number of thiazole rings is 1. The average molecular weight is 507 g/mol. The van der Waals surface area contributed by atoms with Gasteiger partial charge in [0.15, 0.2) is 12.7 Å². The fourth-order valence-corrected chi connectivity index (χ4v) is 7.20. The van der Waals surface area contributed by atoms with Crippen molar-refractivity contribution in [2.75, 3.05) is 25.6 Å². The molecule has 2 aromatic carbocycles. The second-order valence-electron chi connectivity index (χ2n) is 7.81. The molecule has 1 aromatic heterocycles. The molecule has 0 bridgehead atoms. The van der Waals surface area contributed by atoms with E-state index in [1.807, 2.05) is 11.0 Å². The van der Waals surface area contributed by atoms with Gasteiger partial charge in [-0.25, -0.2) is 0 Å². The molecular weight excluding hydrogens is 483 g/mol. The smallest absolute Gasteiger partial charge is 0.325 e. The summed E-state index contributed by atoms with van der Waals surface area (Å²) in [5.74, 6) is -0.294. The highest BCUT2D eigenvalue weighted by Crippen LogP contribution is 2.54. The van der Waals surface area contributed by atoms with Crippen LogP contribution in [0.4, 0.5) is 5.69 Å². The normalized spacial score (nSPS) is 18.6. The second-order valence-corrected chi connectivity index (χ2v) is 10.8. The number of methoxy groups -OCH3 is 1. The Morgan fingerprint density at radius 2 is 1.88 bits per heavy atom. The summed E-state index contributed by atoms with van der Waals surface area (Å²) in [5, 5.41) is 5.28. The number of ether oxygens (including phenoxy) is 1. The number of hydrogen-bond donors (Lipinski definition) is 0. The molecule has 0 amide bonds. The van der Waals surface area contributed by atoms with Crippen LogP contribution in [0.2, 0.25) is 0 Å². The summed E-state index contributed by atoms with van der Waals surface area (Å²) in [5.41, 5.74) is 3.24. The van der Waals surface area contributed by atoms with Gasteiger partial charge in [-0.15, -0.1) is 0 Å². The van der Waals surface area contributed by atoms with Crippen molar-refractivity contribution in [2.45, 2.75) is 11.4 Å². The summed E-state index contributed by atoms with van der Waals surface area (Å²) in [6.45, 7) is 5.28. The van der Waals surface area contributed by atoms with Crippen molar-refractivity contribution in [1.82, 2.24) is 4.90 Å². The molecule has 172 valence electrons. The third-order valence-electron chi connectivity index (χ3n) is 5.66. The maximum atomic E-state index is 12.3. The predicted molar refractivity (Wildman–Crippen MR) is 141 cm³/mol. The van der Waals surface area contributed by atoms with E-state index in [0.29, 0.717) is 0 Å². The zero-order valence-corrected chi connectivity index (χ0v) is 21.4. The van der Waals surface area contributed by atoms with Crippen molar-refractivity contribution in [3.8, 4) is 0 Å². The van der Waals surface area contributed by atoms with Crippen molar-refractivity contribution < 1.29 is 14.1 Å². The quantitative estimate of drug-likeness (QED) is 0.335. The maximum absolute atomic E-state index is 12.3. The first-order chi connectivity index (χ1) is 16.5. The Balaban J connectivity index is 1.51. The second kappa shape index (κ2) is 9.74. The maximum Gasteiger partial charge on any atom is 0.325 e. The van der Waals surface area contributed by atoms with Gasteiger partial charge < -0.3 is 14.5 Å². The first kappa shape index (κ1) is 22.8. The zero-order valence-electron chi connectivity index (χ0n) is 18.9. The number of hydrogen-bond acceptors (Lipinski definition) is 7. The number of carbonyl (C=O) groups excluding carboxylic acids is 1. The summed E-state index contributed by atoms with van der Waals surface area (Å²) < 4.78 is 7.21. The minimum Gasteiger partial charge on any atom is -0.468 e. The van der Waals surface area contributed by atoms with Gasteiger partial charge in [0.05, 0.1) is 44.9 Å². The third kappa shape index (κ3) is 4.41. The molecule has 2 aliphatic heterocycles. The van der Waals surface area contributed by atoms with Gasteiger partial charge in [0, 0.05) is 17.5 Å². The summed E-state index contributed by atoms with van der Waals surface area (Å²) in [6.07, 6.45) is 4.24. The van der Waals surface area contributed by atoms with Gasteiger partial charge in [-0.3, -0.25) is 4.79 Å². The molecule has 2 aliphatic rings. The summed E-state index contributed by atoms with van der Waals surface area (Å²) in [7, 11) is 3.50. The molecule has 0 unspecified atom stereocenters. The summed E-state index contributed by atoms with van der Waals surface area (Å²) in [6, 6.07) is 18.8. The van der Waals surface area contributed by atoms with Gasteiger partial charge in [-0.2, -0.15) is 4.57 Å². The lowest BCUT2D eigenvalue weighted by Gasteiger charge is -2.19. The van der Waals surface area contributed by atoms with Crippen LogP contribution in [0, 0.1) is 0 Å². The molecule has 5 nitrogen and oxygen atoms in total. The predicted octanol–water partition coefficient (Wildman–Crippen LogP) is 5.53. The Labute approximate surface area is 212 Å². The molecule has 3 heterocycles. The van der Waals surface area contributed by atoms with Crippen LogP contribution in [0.3, 0.4) is 0 Å². The Bertz CT molecular complexity index is 1310. The van der Waals surface area contributed by atoms with Crippen LogP contribution in [-0.2, 0) is 16.1 Å². The molecule has 0 radical (unpaired) electrons. The standard InChI is InChI=1S/C26H24N3O2S3/c1-18-25(26-27(2)20-11-7-8-12-21(20)33-26)34-23(29(18)17-24(30)31-3)15-22-28(13-14-32-22)16-19-9-5-4-6-10-19/h4-15H,1,16-17H2,2-3H3/q+1/b26-25+. The number of fused-ring (bicyclic) bond motifs is 1. The molecule has 8 heteroatoms. The monoisotopic (exact) mass is 506 g/mol. The van der Waals surface area contributed by atoms with E-state index in [2.05, 4.69) is 89.3 Å². The molecule has 3 aromatic rings. The zero-order chi connectivity index (χ0) is 23.7. The summed E-state index contributed by atoms with van der Waals surface area (Å²) >= 11 is 5.07. The van der Waals surface area contributed by atoms with Gasteiger partial charge in [0.25, 0.3) is 5.01 Å². The van der Waals surface area contributed by atoms with Gasteiger partial charge >= 0.3 is 5.97 Å². The van der Waals surface area contributed by atoms with Crippen LogP contribution >= 0.6 is 34.9 Å². The number of thioether (sulfide) groups is 2. The van der Waals surface area contributed by atoms with E-state index in [1.165, 1.54) is 23.3 Å². The van der Waals surface area contributed by atoms with Gasteiger partial charge in [-0.1, -0.05) is 83.9 Å². The molecule has 5 rings (SSSR count). The average Bonchev–Trinajstić information content (AvgIpc) is 3.52. The van der Waals surface area contributed by atoms with E-state index in [9.17, 15) is 4.79 Å². The lowest BCUT2D eigenvalue weighted by molar-refractivity contribution is -0.685. The molecule has 0 aliphatic carbocycles. The van der Waals surface area contributed by atoms with E-state index in [-0.39, 0.29) is 12.5 Å². The highest BCUT2D eigenvalue weighted by Gasteiger charge is 2.35. The number of aromatic nitrogens is 1. The van der Waals surface area contributed by atoms with Crippen LogP contribution in [0.25, 0.3) is 6.08 Å². The minimum absolute atomic E-state index is 0.121. The Morgan fingerprint density at radius 3 is 2.65 bits per heavy atom. The van der Waals surface area contributed by atoms with Crippen LogP contribution in [-0.4, -0.2) is 31.6 Å². The van der Waals surface area contributed by atoms with E-state index >= 15 is 0 Å². The minimum atomic E-state index is -0.294. The molecule has 1 fully saturated rings. The van der Waals surface area contributed by atoms with Crippen LogP contribution in [0.15, 0.2) is 98.3 Å². The molecule has 0 spiro atoms. The van der Waals surface area contributed by atoms with Crippen molar-refractivity contribution >= 4 is 52.6 Å². The van der Waals surface area contributed by atoms with Gasteiger partial charge in [0.1, 0.15) is 6.54 Å². The van der Waals surface area contributed by atoms with Crippen molar-refractivity contribution in [2.24, 2.45) is 0 Å². The topological polar surface area (TPSA) is 36.7 Å². The van der Waals surface area contributed by atoms with E-state index in [4.69, 9.17) is 4.74 Å². The van der Waals surface area contributed by atoms with Crippen molar-refractivity contribution in [3.63, 3.8) is 0 Å². The fraction of sp³-hybridized carbons (Fsp3) is 0.154. The first-order valence-electron chi connectivity index (χ1n) is 10.7. The molecule has 34 heavy (non-hydrogen) atoms. The van der Waals surface area contributed by atoms with Crippen LogP contribution in [0.1, 0.15) is 10.6 Å². The van der Waals surface area contributed by atoms with Crippen molar-refractivity contribution in [3.05, 3.63) is 104 Å². The van der Waals surface area contributed by atoms with Crippen molar-refractivity contribution in [1.29, 1.82) is 0 Å². The van der Waals surface area contributed by atoms with Crippen LogP contribution in [0.5, 0.6) is 0 Å². The third-order valence-corrected chi connectivity index (χ3v) is 9.06. The number of carbonyl (C=O) groups is 1. The molecule has 1 saturated heterocycles. The Kier molecular flexibility index (Phi) is 6.54. The number of anilines is 1. The first-order valence-corrected chi connectivity index (χ1v) is 13.3. The number of para-hydroxylation sites is 1. The molecule has 0 N–H and O–H groups in total. The molecule has 0 saturated carbocycles. The highest BCUT2D eigenvalue weighted by atomic mass is 32.2. The number of rotatable bonds is 5. The number of esters is 1. The van der Waals surface area contributed by atoms with E-state index in [0.717, 1.165) is 32.2 Å². The largest absolute Gasteiger partial charge is 0.468 e. The van der Waals surface area contributed by atoms with Gasteiger partial charge in [0.2, 0.25) is 0 Å². The molecular formula is C26H24N3O2S3+. The van der Waals surface area contributed by atoms with Crippen LogP contribution < -0.4 is 9.47 Å². The number of benzene rings is 2. The summed E-state index contributed by atoms with van der Waals surface area (Å²) in [4.78, 5) is 18.7. The molecule has 0 atom stereocenters. The Hall–Kier alpha value is -2.94. The van der Waals surface area contributed by atoms with E-state index in [1.54, 1.807) is 34.9 Å². The lowest BCUT2D eigenvalue weighted by atomic mass is 10.2. The fourth-order valence-electron chi connectivity index (χ4n) is 3.86. The van der Waals surface area contributed by atoms with E-state index < -0.39 is 0 Å². The number of nitrogens with zero attached hydrogens (tertiary/aromatic N) is 3. The highest BCUT2D eigenvalue weighted by molar-refractivity contribution is 8.09.